The Morgan fingerprint density at radius 3 is 2.69 bits per heavy atom. The van der Waals surface area contributed by atoms with Gasteiger partial charge in [-0.25, -0.2) is 4.98 Å². The molecule has 0 aliphatic rings. The van der Waals surface area contributed by atoms with Crippen LogP contribution >= 0.6 is 23.4 Å². The number of nitrogens with one attached hydrogen (secondary N) is 1. The summed E-state index contributed by atoms with van der Waals surface area (Å²) in [6, 6.07) is 13.2. The zero-order chi connectivity index (χ0) is 22.7. The van der Waals surface area contributed by atoms with Gasteiger partial charge in [0.05, 0.1) is 11.3 Å². The van der Waals surface area contributed by atoms with Crippen molar-refractivity contribution < 1.29 is 18.3 Å². The molecule has 0 atom stereocenters. The predicted molar refractivity (Wildman–Crippen MR) is 120 cm³/mol. The van der Waals surface area contributed by atoms with Crippen molar-refractivity contribution in [2.75, 3.05) is 11.1 Å². The molecule has 2 heterocycles. The average molecular weight is 476 g/mol. The number of benzene rings is 2. The number of anilines is 1. The number of nitrogens with zero attached hydrogens (tertiary/aromatic N) is 4. The van der Waals surface area contributed by atoms with Gasteiger partial charge in [-0.1, -0.05) is 36.0 Å². The van der Waals surface area contributed by atoms with Crippen molar-refractivity contribution in [2.24, 2.45) is 0 Å². The van der Waals surface area contributed by atoms with Crippen LogP contribution in [0.1, 0.15) is 0 Å². The zero-order valence-corrected chi connectivity index (χ0v) is 18.0. The number of amides is 1. The van der Waals surface area contributed by atoms with Crippen molar-refractivity contribution >= 4 is 57.0 Å². The molecule has 0 radical (unpaired) electrons. The Balaban J connectivity index is 1.45. The second-order valence-corrected chi connectivity index (χ2v) is 7.97. The van der Waals surface area contributed by atoms with Crippen LogP contribution in [0.2, 0.25) is 0 Å². The lowest BCUT2D eigenvalue weighted by molar-refractivity contribution is -0.113. The molecule has 0 bridgehead atoms. The highest BCUT2D eigenvalue weighted by Crippen LogP contribution is 2.28. The van der Waals surface area contributed by atoms with Crippen LogP contribution in [0.5, 0.6) is 5.75 Å². The Kier molecular flexibility index (Phi) is 6.24. The first-order chi connectivity index (χ1) is 15.3. The minimum absolute atomic E-state index is 0.0346. The van der Waals surface area contributed by atoms with Gasteiger partial charge in [0, 0.05) is 29.2 Å². The molecule has 0 spiro atoms. The number of carbonyl (C=O) groups excluding carboxylic acids is 1. The molecular weight excluding hydrogens is 460 g/mol. The number of hydrogen-bond donors (Lipinski definition) is 1. The van der Waals surface area contributed by atoms with E-state index in [2.05, 4.69) is 31.8 Å². The summed E-state index contributed by atoms with van der Waals surface area (Å²) in [6.45, 7) is 4.36. The molecular formula is C21H16ClF2N5O2S. The smallest absolute Gasteiger partial charge is 0.420 e. The molecule has 0 aliphatic carbocycles. The van der Waals surface area contributed by atoms with Crippen LogP contribution in [-0.2, 0) is 11.3 Å². The van der Waals surface area contributed by atoms with Gasteiger partial charge in [0.25, 0.3) is 0 Å². The van der Waals surface area contributed by atoms with Crippen LogP contribution in [0, 0.1) is 0 Å². The summed E-state index contributed by atoms with van der Waals surface area (Å²) in [5, 5.41) is 12.4. The minimum atomic E-state index is -3.80. The lowest BCUT2D eigenvalue weighted by atomic mass is 10.2. The fourth-order valence-corrected chi connectivity index (χ4v) is 3.80. The first kappa shape index (κ1) is 22.0. The number of alkyl halides is 3. The van der Waals surface area contributed by atoms with Crippen molar-refractivity contribution in [3.05, 3.63) is 61.2 Å². The van der Waals surface area contributed by atoms with Gasteiger partial charge in [0.15, 0.2) is 5.65 Å². The Bertz CT molecular complexity index is 1290. The third-order valence-corrected chi connectivity index (χ3v) is 5.29. The molecule has 0 unspecified atom stereocenters. The molecule has 2 aromatic carbocycles. The second-order valence-electron chi connectivity index (χ2n) is 6.59. The standard InChI is InChI=1S/C21H16ClF2N5O2S/c1-2-11-29-16-6-4-3-5-15(16)18-19(29)26-20(28-27-18)32-12-17(30)25-13-7-9-14(10-8-13)31-21(22,23)24/h2-10H,1,11-12H2,(H,25,30). The van der Waals surface area contributed by atoms with E-state index in [1.165, 1.54) is 24.3 Å². The van der Waals surface area contributed by atoms with Crippen molar-refractivity contribution in [3.8, 4) is 5.75 Å². The summed E-state index contributed by atoms with van der Waals surface area (Å²) in [5.74, 6) is -0.408. The van der Waals surface area contributed by atoms with Gasteiger partial charge in [-0.05, 0) is 30.3 Å². The quantitative estimate of drug-likeness (QED) is 0.218. The third-order valence-electron chi connectivity index (χ3n) is 4.37. The van der Waals surface area contributed by atoms with E-state index in [4.69, 9.17) is 11.6 Å². The van der Waals surface area contributed by atoms with E-state index in [1.807, 2.05) is 28.8 Å². The second kappa shape index (κ2) is 9.09. The fraction of sp³-hybridized carbons (Fsp3) is 0.143. The average Bonchev–Trinajstić information content (AvgIpc) is 3.06. The van der Waals surface area contributed by atoms with E-state index < -0.39 is 5.57 Å². The maximum atomic E-state index is 12.7. The Labute approximate surface area is 190 Å². The number of hydrogen-bond acceptors (Lipinski definition) is 6. The van der Waals surface area contributed by atoms with Gasteiger partial charge in [0.2, 0.25) is 11.1 Å². The van der Waals surface area contributed by atoms with Gasteiger partial charge in [-0.15, -0.1) is 25.6 Å². The van der Waals surface area contributed by atoms with Crippen molar-refractivity contribution in [3.63, 3.8) is 0 Å². The molecule has 1 N–H and O–H groups in total. The molecule has 164 valence electrons. The van der Waals surface area contributed by atoms with E-state index in [0.29, 0.717) is 28.6 Å². The number of thioether (sulfide) groups is 1. The van der Waals surface area contributed by atoms with Crippen LogP contribution < -0.4 is 10.1 Å². The number of halogens is 3. The summed E-state index contributed by atoms with van der Waals surface area (Å²) >= 11 is 5.86. The lowest BCUT2D eigenvalue weighted by Gasteiger charge is -2.11. The number of para-hydroxylation sites is 1. The maximum Gasteiger partial charge on any atom is 0.487 e. The van der Waals surface area contributed by atoms with Crippen LogP contribution in [0.15, 0.2) is 66.3 Å². The van der Waals surface area contributed by atoms with Crippen molar-refractivity contribution in [2.45, 2.75) is 17.3 Å². The van der Waals surface area contributed by atoms with E-state index in [0.717, 1.165) is 22.7 Å². The molecule has 0 saturated heterocycles. The molecule has 0 aliphatic heterocycles. The van der Waals surface area contributed by atoms with Crippen LogP contribution in [0.3, 0.4) is 0 Å². The summed E-state index contributed by atoms with van der Waals surface area (Å²) in [6.07, 6.45) is 1.78. The van der Waals surface area contributed by atoms with E-state index in [9.17, 15) is 13.6 Å². The summed E-state index contributed by atoms with van der Waals surface area (Å²) in [5.41, 5.74) is -1.06. The number of carbonyl (C=O) groups is 1. The Morgan fingerprint density at radius 2 is 1.97 bits per heavy atom. The predicted octanol–water partition coefficient (Wildman–Crippen LogP) is 5.06. The Hall–Kier alpha value is -3.24. The van der Waals surface area contributed by atoms with Gasteiger partial charge in [-0.3, -0.25) is 4.79 Å². The molecule has 4 aromatic rings. The topological polar surface area (TPSA) is 81.9 Å². The lowest BCUT2D eigenvalue weighted by Crippen LogP contribution is -2.16. The Morgan fingerprint density at radius 1 is 1.22 bits per heavy atom. The molecule has 32 heavy (non-hydrogen) atoms. The summed E-state index contributed by atoms with van der Waals surface area (Å²) in [4.78, 5) is 16.9. The van der Waals surface area contributed by atoms with Crippen molar-refractivity contribution in [1.82, 2.24) is 19.7 Å². The van der Waals surface area contributed by atoms with Crippen LogP contribution in [-0.4, -0.2) is 37.0 Å². The summed E-state index contributed by atoms with van der Waals surface area (Å²) < 4.78 is 31.5. The largest absolute Gasteiger partial charge is 0.487 e. The first-order valence-corrected chi connectivity index (χ1v) is 10.7. The van der Waals surface area contributed by atoms with Gasteiger partial charge in [-0.2, -0.15) is 0 Å². The van der Waals surface area contributed by atoms with E-state index >= 15 is 0 Å². The molecule has 2 aromatic heterocycles. The van der Waals surface area contributed by atoms with Crippen LogP contribution in [0.4, 0.5) is 14.5 Å². The van der Waals surface area contributed by atoms with Gasteiger partial charge >= 0.3 is 5.57 Å². The van der Waals surface area contributed by atoms with E-state index in [-0.39, 0.29) is 17.4 Å². The fourth-order valence-electron chi connectivity index (χ4n) is 3.13. The number of fused-ring (bicyclic) bond motifs is 3. The first-order valence-electron chi connectivity index (χ1n) is 9.35. The maximum absolute atomic E-state index is 12.7. The number of aromatic nitrogens is 4. The molecule has 4 rings (SSSR count). The highest BCUT2D eigenvalue weighted by molar-refractivity contribution is 7.99. The van der Waals surface area contributed by atoms with Gasteiger partial charge in [0.1, 0.15) is 11.3 Å². The minimum Gasteiger partial charge on any atom is -0.420 e. The SMILES string of the molecule is C=CCn1c2ccccc2c2nnc(SCC(=O)Nc3ccc(OC(F)(F)Cl)cc3)nc21. The normalized spacial score (nSPS) is 11.6. The molecule has 11 heteroatoms. The zero-order valence-electron chi connectivity index (χ0n) is 16.5. The number of ether oxygens (including phenoxy) is 1. The molecule has 0 fully saturated rings. The highest BCUT2D eigenvalue weighted by Gasteiger charge is 2.27. The van der Waals surface area contributed by atoms with E-state index in [1.54, 1.807) is 6.08 Å². The number of allylic oxidation sites excluding steroid dienone is 1. The highest BCUT2D eigenvalue weighted by atomic mass is 35.5. The number of rotatable bonds is 8. The van der Waals surface area contributed by atoms with Crippen molar-refractivity contribution in [1.29, 1.82) is 0 Å². The van der Waals surface area contributed by atoms with Crippen LogP contribution in [0.25, 0.3) is 22.1 Å². The molecule has 7 nitrogen and oxygen atoms in total. The third kappa shape index (κ3) is 4.97. The molecule has 0 saturated carbocycles. The van der Waals surface area contributed by atoms with Gasteiger partial charge < -0.3 is 14.6 Å². The monoisotopic (exact) mass is 475 g/mol. The summed E-state index contributed by atoms with van der Waals surface area (Å²) in [7, 11) is 0. The molecule has 1 amide bonds.